The molecule has 0 amide bonds. The minimum absolute atomic E-state index is 0.471. The monoisotopic (exact) mass is 164 g/mol. The molecule has 1 atom stereocenters. The zero-order valence-electron chi connectivity index (χ0n) is 7.08. The summed E-state index contributed by atoms with van der Waals surface area (Å²) in [5.41, 5.74) is 1.28. The van der Waals surface area contributed by atoms with Gasteiger partial charge in [0.15, 0.2) is 0 Å². The van der Waals surface area contributed by atoms with Crippen LogP contribution in [-0.2, 0) is 4.74 Å². The van der Waals surface area contributed by atoms with Crippen LogP contribution in [-0.4, -0.2) is 25.2 Å². The molecule has 0 spiro atoms. The Morgan fingerprint density at radius 2 is 2.67 bits per heavy atom. The lowest BCUT2D eigenvalue weighted by Crippen LogP contribution is -2.07. The second kappa shape index (κ2) is 3.11. The molecule has 2 heterocycles. The number of methoxy groups -OCH3 is 1. The molecule has 0 saturated carbocycles. The van der Waals surface area contributed by atoms with Crippen molar-refractivity contribution >= 4 is 5.82 Å². The maximum atomic E-state index is 5.11. The first-order chi connectivity index (χ1) is 5.92. The second-order valence-corrected chi connectivity index (χ2v) is 2.97. The average Bonchev–Trinajstić information content (AvgIpc) is 2.50. The molecule has 0 fully saturated rings. The van der Waals surface area contributed by atoms with Gasteiger partial charge in [0.05, 0.1) is 6.61 Å². The van der Waals surface area contributed by atoms with E-state index in [1.807, 2.05) is 6.07 Å². The van der Waals surface area contributed by atoms with Crippen LogP contribution in [0.5, 0.6) is 0 Å². The van der Waals surface area contributed by atoms with Crippen molar-refractivity contribution < 1.29 is 4.74 Å². The molecule has 1 unspecified atom stereocenters. The number of rotatable bonds is 2. The number of pyridine rings is 1. The van der Waals surface area contributed by atoms with E-state index in [1.54, 1.807) is 13.3 Å². The molecule has 0 aliphatic carbocycles. The van der Waals surface area contributed by atoms with Gasteiger partial charge < -0.3 is 10.1 Å². The molecule has 1 aromatic heterocycles. The van der Waals surface area contributed by atoms with Crippen LogP contribution in [0, 0.1) is 0 Å². The summed E-state index contributed by atoms with van der Waals surface area (Å²) in [4.78, 5) is 4.23. The third-order valence-electron chi connectivity index (χ3n) is 2.16. The van der Waals surface area contributed by atoms with Gasteiger partial charge in [-0.1, -0.05) is 6.07 Å². The second-order valence-electron chi connectivity index (χ2n) is 2.97. The van der Waals surface area contributed by atoms with E-state index in [2.05, 4.69) is 16.4 Å². The number of aromatic nitrogens is 1. The van der Waals surface area contributed by atoms with E-state index in [0.29, 0.717) is 5.92 Å². The molecule has 1 N–H and O–H groups in total. The van der Waals surface area contributed by atoms with Gasteiger partial charge >= 0.3 is 0 Å². The van der Waals surface area contributed by atoms with Gasteiger partial charge in [0, 0.05) is 31.3 Å². The first kappa shape index (κ1) is 7.55. The van der Waals surface area contributed by atoms with E-state index in [-0.39, 0.29) is 0 Å². The average molecular weight is 164 g/mol. The van der Waals surface area contributed by atoms with Gasteiger partial charge in [-0.05, 0) is 6.07 Å². The molecule has 64 valence electrons. The Bertz CT molecular complexity index is 273. The molecule has 0 radical (unpaired) electrons. The maximum absolute atomic E-state index is 5.11. The molecule has 0 aromatic carbocycles. The third-order valence-corrected chi connectivity index (χ3v) is 2.16. The first-order valence-corrected chi connectivity index (χ1v) is 4.09. The lowest BCUT2D eigenvalue weighted by atomic mass is 10.1. The van der Waals surface area contributed by atoms with Gasteiger partial charge in [-0.15, -0.1) is 0 Å². The summed E-state index contributed by atoms with van der Waals surface area (Å²) < 4.78 is 5.11. The molecular formula is C9H12N2O. The predicted octanol–water partition coefficient (Wildman–Crippen LogP) is 1.24. The van der Waals surface area contributed by atoms with Gasteiger partial charge in [0.25, 0.3) is 0 Å². The summed E-state index contributed by atoms with van der Waals surface area (Å²) >= 11 is 0. The Hall–Kier alpha value is -1.09. The molecule has 1 aliphatic rings. The van der Waals surface area contributed by atoms with Crippen molar-refractivity contribution in [1.29, 1.82) is 0 Å². The minimum atomic E-state index is 0.471. The van der Waals surface area contributed by atoms with Gasteiger partial charge in [-0.3, -0.25) is 0 Å². The van der Waals surface area contributed by atoms with Crippen LogP contribution in [0.25, 0.3) is 0 Å². The SMILES string of the molecule is COCC1CNc2ncccc21. The van der Waals surface area contributed by atoms with Crippen molar-refractivity contribution in [2.45, 2.75) is 5.92 Å². The number of hydrogen-bond donors (Lipinski definition) is 1. The van der Waals surface area contributed by atoms with Crippen LogP contribution in [0.2, 0.25) is 0 Å². The lowest BCUT2D eigenvalue weighted by Gasteiger charge is -2.06. The Morgan fingerprint density at radius 1 is 1.75 bits per heavy atom. The number of nitrogens with zero attached hydrogens (tertiary/aromatic N) is 1. The fourth-order valence-electron chi connectivity index (χ4n) is 1.57. The summed E-state index contributed by atoms with van der Waals surface area (Å²) in [6.45, 7) is 1.71. The van der Waals surface area contributed by atoms with Crippen LogP contribution in [0.4, 0.5) is 5.82 Å². The van der Waals surface area contributed by atoms with E-state index in [1.165, 1.54) is 5.56 Å². The van der Waals surface area contributed by atoms with E-state index in [0.717, 1.165) is 19.0 Å². The van der Waals surface area contributed by atoms with Crippen molar-refractivity contribution in [2.24, 2.45) is 0 Å². The highest BCUT2D eigenvalue weighted by Gasteiger charge is 2.21. The van der Waals surface area contributed by atoms with Crippen LogP contribution in [0.3, 0.4) is 0 Å². The summed E-state index contributed by atoms with van der Waals surface area (Å²) in [6.07, 6.45) is 1.81. The molecular weight excluding hydrogens is 152 g/mol. The highest BCUT2D eigenvalue weighted by molar-refractivity contribution is 5.51. The molecule has 3 heteroatoms. The molecule has 0 bridgehead atoms. The molecule has 1 aromatic rings. The highest BCUT2D eigenvalue weighted by atomic mass is 16.5. The molecule has 12 heavy (non-hydrogen) atoms. The quantitative estimate of drug-likeness (QED) is 0.714. The van der Waals surface area contributed by atoms with E-state index in [4.69, 9.17) is 4.74 Å². The van der Waals surface area contributed by atoms with Gasteiger partial charge in [0.1, 0.15) is 5.82 Å². The Balaban J connectivity index is 2.24. The lowest BCUT2D eigenvalue weighted by molar-refractivity contribution is 0.184. The molecule has 0 saturated heterocycles. The highest BCUT2D eigenvalue weighted by Crippen LogP contribution is 2.28. The molecule has 2 rings (SSSR count). The first-order valence-electron chi connectivity index (χ1n) is 4.09. The maximum Gasteiger partial charge on any atom is 0.129 e. The Morgan fingerprint density at radius 3 is 3.50 bits per heavy atom. The summed E-state index contributed by atoms with van der Waals surface area (Å²) in [5, 5.41) is 3.24. The summed E-state index contributed by atoms with van der Waals surface area (Å²) in [5.74, 6) is 1.48. The minimum Gasteiger partial charge on any atom is -0.384 e. The van der Waals surface area contributed by atoms with Crippen LogP contribution in [0.1, 0.15) is 11.5 Å². The van der Waals surface area contributed by atoms with E-state index >= 15 is 0 Å². The normalized spacial score (nSPS) is 20.2. The van der Waals surface area contributed by atoms with Crippen molar-refractivity contribution in [2.75, 3.05) is 25.6 Å². The van der Waals surface area contributed by atoms with Gasteiger partial charge in [0.2, 0.25) is 0 Å². The third kappa shape index (κ3) is 1.16. The van der Waals surface area contributed by atoms with Gasteiger partial charge in [-0.25, -0.2) is 4.98 Å². The van der Waals surface area contributed by atoms with Gasteiger partial charge in [-0.2, -0.15) is 0 Å². The number of anilines is 1. The number of fused-ring (bicyclic) bond motifs is 1. The van der Waals surface area contributed by atoms with Crippen molar-refractivity contribution in [1.82, 2.24) is 4.98 Å². The Kier molecular flexibility index (Phi) is 1.96. The number of hydrogen-bond acceptors (Lipinski definition) is 3. The molecule has 3 nitrogen and oxygen atoms in total. The van der Waals surface area contributed by atoms with Crippen molar-refractivity contribution in [3.63, 3.8) is 0 Å². The topological polar surface area (TPSA) is 34.1 Å². The molecule has 1 aliphatic heterocycles. The van der Waals surface area contributed by atoms with Crippen molar-refractivity contribution in [3.05, 3.63) is 23.9 Å². The van der Waals surface area contributed by atoms with Crippen LogP contribution < -0.4 is 5.32 Å². The summed E-state index contributed by atoms with van der Waals surface area (Å²) in [7, 11) is 1.73. The zero-order valence-corrected chi connectivity index (χ0v) is 7.08. The fraction of sp³-hybridized carbons (Fsp3) is 0.444. The van der Waals surface area contributed by atoms with Crippen LogP contribution >= 0.6 is 0 Å². The predicted molar refractivity (Wildman–Crippen MR) is 47.3 cm³/mol. The van der Waals surface area contributed by atoms with E-state index < -0.39 is 0 Å². The van der Waals surface area contributed by atoms with Crippen molar-refractivity contribution in [3.8, 4) is 0 Å². The number of ether oxygens (including phenoxy) is 1. The standard InChI is InChI=1S/C9H12N2O/c1-12-6-7-5-11-9-8(7)3-2-4-10-9/h2-4,7H,5-6H2,1H3,(H,10,11). The Labute approximate surface area is 71.8 Å². The summed E-state index contributed by atoms with van der Waals surface area (Å²) in [6, 6.07) is 4.07. The fourth-order valence-corrected chi connectivity index (χ4v) is 1.57. The zero-order chi connectivity index (χ0) is 8.39. The largest absolute Gasteiger partial charge is 0.384 e. The number of nitrogens with one attached hydrogen (secondary N) is 1. The van der Waals surface area contributed by atoms with Crippen LogP contribution in [0.15, 0.2) is 18.3 Å². The smallest absolute Gasteiger partial charge is 0.129 e. The van der Waals surface area contributed by atoms with E-state index in [9.17, 15) is 0 Å².